The lowest BCUT2D eigenvalue weighted by atomic mass is 9.99. The molecule has 3 aliphatic heterocycles. The second-order valence-electron chi connectivity index (χ2n) is 14.0. The normalized spacial score (nSPS) is 19.9. The van der Waals surface area contributed by atoms with Crippen LogP contribution in [0.5, 0.6) is 0 Å². The van der Waals surface area contributed by atoms with Gasteiger partial charge in [0.1, 0.15) is 24.5 Å². The number of aliphatic imine (C=N–C) groups is 1. The lowest BCUT2D eigenvalue weighted by molar-refractivity contribution is -0.139. The van der Waals surface area contributed by atoms with Crippen LogP contribution in [0.15, 0.2) is 58.5 Å². The van der Waals surface area contributed by atoms with Gasteiger partial charge in [-0.2, -0.15) is 0 Å². The number of allylic oxidation sites excluding steroid dienone is 1. The molecule has 0 spiro atoms. The van der Waals surface area contributed by atoms with Crippen molar-refractivity contribution in [3.63, 3.8) is 0 Å². The van der Waals surface area contributed by atoms with Crippen LogP contribution >= 0.6 is 22.7 Å². The number of likely N-dealkylation sites (tertiary alicyclic amines) is 2. The number of carbonyl (C=O) groups is 4. The fourth-order valence-corrected chi connectivity index (χ4v) is 10.1. The predicted molar refractivity (Wildman–Crippen MR) is 203 cm³/mol. The second kappa shape index (κ2) is 15.1. The molecule has 4 atom stereocenters. The van der Waals surface area contributed by atoms with Crippen LogP contribution in [0.4, 0.5) is 0 Å². The summed E-state index contributed by atoms with van der Waals surface area (Å²) in [5.41, 5.74) is 5.93. The van der Waals surface area contributed by atoms with Gasteiger partial charge in [0.25, 0.3) is 0 Å². The lowest BCUT2D eigenvalue weighted by Crippen LogP contribution is -2.51. The summed E-state index contributed by atoms with van der Waals surface area (Å²) in [5, 5.41) is 19.1. The van der Waals surface area contributed by atoms with E-state index in [1.165, 1.54) is 11.6 Å². The van der Waals surface area contributed by atoms with Crippen LogP contribution in [0.25, 0.3) is 26.2 Å². The topological polar surface area (TPSA) is 160 Å². The van der Waals surface area contributed by atoms with Crippen LogP contribution in [0.3, 0.4) is 0 Å². The summed E-state index contributed by atoms with van der Waals surface area (Å²) in [7, 11) is 0. The Morgan fingerprint density at radius 1 is 0.942 bits per heavy atom. The number of aliphatic hydroxyl groups excluding tert-OH is 1. The molecule has 3 aliphatic rings. The van der Waals surface area contributed by atoms with Gasteiger partial charge in [-0.05, 0) is 42.7 Å². The van der Waals surface area contributed by atoms with Crippen molar-refractivity contribution in [3.05, 3.63) is 70.4 Å². The number of hydrogen-bond acceptors (Lipinski definition) is 9. The van der Waals surface area contributed by atoms with Crippen LogP contribution in [0.2, 0.25) is 0 Å². The SMILES string of the molecule is CC(=O)N[C@@H](C(=O)N1CCCC1C1=NC=C(c2csc3c(-c4cnc(C5CCCN5C(=O)[C@@H](NC(=O)CO)C(C)C)[nH]4)csc23)C1)c1ccccc1. The summed E-state index contributed by atoms with van der Waals surface area (Å²) in [6.45, 7) is 5.72. The summed E-state index contributed by atoms with van der Waals surface area (Å²) < 4.78 is 2.32. The van der Waals surface area contributed by atoms with Crippen LogP contribution in [-0.2, 0) is 19.2 Å². The van der Waals surface area contributed by atoms with E-state index in [0.717, 1.165) is 64.1 Å². The largest absolute Gasteiger partial charge is 0.387 e. The Morgan fingerprint density at radius 2 is 1.62 bits per heavy atom. The quantitative estimate of drug-likeness (QED) is 0.165. The van der Waals surface area contributed by atoms with Crippen LogP contribution < -0.4 is 10.6 Å². The van der Waals surface area contributed by atoms with Crippen molar-refractivity contribution in [2.75, 3.05) is 19.7 Å². The first-order chi connectivity index (χ1) is 25.1. The van der Waals surface area contributed by atoms with E-state index in [1.54, 1.807) is 27.6 Å². The minimum atomic E-state index is -0.744. The molecule has 4 N–H and O–H groups in total. The molecule has 0 radical (unpaired) electrons. The number of hydrogen-bond donors (Lipinski definition) is 4. The maximum absolute atomic E-state index is 13.9. The van der Waals surface area contributed by atoms with E-state index in [-0.39, 0.29) is 35.7 Å². The number of H-pyrrole nitrogens is 1. The summed E-state index contributed by atoms with van der Waals surface area (Å²) >= 11 is 3.36. The molecule has 0 aliphatic carbocycles. The minimum absolute atomic E-state index is 0.113. The molecule has 4 amide bonds. The van der Waals surface area contributed by atoms with Gasteiger partial charge in [0, 0.05) is 60.2 Å². The molecule has 12 nitrogen and oxygen atoms in total. The van der Waals surface area contributed by atoms with E-state index in [2.05, 4.69) is 26.4 Å². The Kier molecular flexibility index (Phi) is 10.4. The first-order valence-electron chi connectivity index (χ1n) is 17.8. The van der Waals surface area contributed by atoms with E-state index in [0.29, 0.717) is 25.3 Å². The molecule has 2 saturated heterocycles. The average Bonchev–Trinajstić information content (AvgIpc) is 3.98. The van der Waals surface area contributed by atoms with Gasteiger partial charge in [-0.1, -0.05) is 44.2 Å². The van der Waals surface area contributed by atoms with Gasteiger partial charge >= 0.3 is 0 Å². The third-order valence-electron chi connectivity index (χ3n) is 10.2. The van der Waals surface area contributed by atoms with Gasteiger partial charge in [0.2, 0.25) is 23.6 Å². The average molecular weight is 742 g/mol. The molecule has 3 aromatic heterocycles. The Hall–Kier alpha value is -4.66. The van der Waals surface area contributed by atoms with E-state index in [4.69, 9.17) is 9.98 Å². The molecule has 272 valence electrons. The van der Waals surface area contributed by atoms with Gasteiger partial charge in [-0.15, -0.1) is 22.7 Å². The highest BCUT2D eigenvalue weighted by atomic mass is 32.1. The van der Waals surface area contributed by atoms with Crippen molar-refractivity contribution >= 4 is 67.0 Å². The Balaban J connectivity index is 1.05. The summed E-state index contributed by atoms with van der Waals surface area (Å²) in [5.74, 6) is -0.520. The number of benzene rings is 1. The van der Waals surface area contributed by atoms with Crippen LogP contribution in [-0.4, -0.2) is 86.0 Å². The Bertz CT molecular complexity index is 2050. The van der Waals surface area contributed by atoms with Crippen molar-refractivity contribution in [3.8, 4) is 11.3 Å². The number of imidazole rings is 1. The van der Waals surface area contributed by atoms with Gasteiger partial charge < -0.3 is 30.5 Å². The molecule has 0 saturated carbocycles. The number of nitrogens with one attached hydrogen (secondary N) is 3. The number of aliphatic hydroxyl groups is 1. The first kappa shape index (κ1) is 35.7. The van der Waals surface area contributed by atoms with E-state index < -0.39 is 24.6 Å². The molecule has 7 rings (SSSR count). The number of nitrogens with zero attached hydrogens (tertiary/aromatic N) is 4. The number of fused-ring (bicyclic) bond motifs is 1. The Labute approximate surface area is 310 Å². The molecule has 1 aromatic carbocycles. The smallest absolute Gasteiger partial charge is 0.250 e. The number of aromatic nitrogens is 2. The fraction of sp³-hybridized carbons (Fsp3) is 0.421. The summed E-state index contributed by atoms with van der Waals surface area (Å²) in [6, 6.07) is 7.55. The monoisotopic (exact) mass is 741 g/mol. The lowest BCUT2D eigenvalue weighted by Gasteiger charge is -2.30. The molecule has 2 unspecified atom stereocenters. The number of thiophene rings is 2. The molecule has 4 aromatic rings. The first-order valence-corrected chi connectivity index (χ1v) is 19.5. The standard InChI is InChI=1S/C38H43N7O5S2/c1-21(2)32(43-31(48)18-46)37(49)45-14-8-12-30(45)36-40-17-28(42-36)26-20-52-34-25(19-51-35(26)34)24-15-27(39-16-24)29-11-7-13-44(29)38(50)33(41-22(3)47)23-9-5-4-6-10-23/h4-6,9-10,16-17,19-21,29-30,32-33,46H,7-8,11-15,18H2,1-3H3,(H,40,42)(H,41,47)(H,43,48)/t29?,30?,32-,33+/m0/s1. The van der Waals surface area contributed by atoms with Crippen molar-refractivity contribution in [1.82, 2.24) is 30.4 Å². The van der Waals surface area contributed by atoms with E-state index >= 15 is 0 Å². The second-order valence-corrected chi connectivity index (χ2v) is 15.7. The van der Waals surface area contributed by atoms with Crippen molar-refractivity contribution in [1.29, 1.82) is 0 Å². The maximum atomic E-state index is 13.9. The molecule has 6 heterocycles. The molecule has 2 fully saturated rings. The molecular weight excluding hydrogens is 699 g/mol. The van der Waals surface area contributed by atoms with E-state index in [9.17, 15) is 24.3 Å². The van der Waals surface area contributed by atoms with Gasteiger partial charge in [-0.3, -0.25) is 24.2 Å². The highest BCUT2D eigenvalue weighted by molar-refractivity contribution is 7.27. The molecule has 14 heteroatoms. The van der Waals surface area contributed by atoms with Gasteiger partial charge in [-0.25, -0.2) is 4.98 Å². The number of carbonyl (C=O) groups excluding carboxylic acids is 4. The minimum Gasteiger partial charge on any atom is -0.387 e. The van der Waals surface area contributed by atoms with Gasteiger partial charge in [0.05, 0.1) is 33.4 Å². The van der Waals surface area contributed by atoms with Crippen molar-refractivity contribution in [2.45, 2.75) is 77.0 Å². The highest BCUT2D eigenvalue weighted by Crippen LogP contribution is 2.44. The van der Waals surface area contributed by atoms with Gasteiger partial charge in [0.15, 0.2) is 0 Å². The van der Waals surface area contributed by atoms with Crippen molar-refractivity contribution < 1.29 is 24.3 Å². The van der Waals surface area contributed by atoms with E-state index in [1.807, 2.05) is 61.5 Å². The summed E-state index contributed by atoms with van der Waals surface area (Å²) in [4.78, 5) is 68.3. The zero-order valence-corrected chi connectivity index (χ0v) is 31.1. The summed E-state index contributed by atoms with van der Waals surface area (Å²) in [6.07, 6.45) is 7.72. The fourth-order valence-electron chi connectivity index (χ4n) is 7.59. The zero-order chi connectivity index (χ0) is 36.5. The highest BCUT2D eigenvalue weighted by Gasteiger charge is 2.39. The number of rotatable bonds is 11. The molecule has 0 bridgehead atoms. The van der Waals surface area contributed by atoms with Crippen LogP contribution in [0, 0.1) is 5.92 Å². The third kappa shape index (κ3) is 6.94. The molecule has 52 heavy (non-hydrogen) atoms. The number of amides is 4. The molecular formula is C38H43N7O5S2. The zero-order valence-electron chi connectivity index (χ0n) is 29.4. The predicted octanol–water partition coefficient (Wildman–Crippen LogP) is 5.20. The third-order valence-corrected chi connectivity index (χ3v) is 12.3. The number of aromatic amines is 1. The maximum Gasteiger partial charge on any atom is 0.250 e. The van der Waals surface area contributed by atoms with Crippen LogP contribution in [0.1, 0.15) is 81.9 Å². The van der Waals surface area contributed by atoms with Crippen molar-refractivity contribution in [2.24, 2.45) is 10.9 Å². The Morgan fingerprint density at radius 3 is 2.31 bits per heavy atom.